The van der Waals surface area contributed by atoms with Gasteiger partial charge in [0.25, 0.3) is 0 Å². The van der Waals surface area contributed by atoms with E-state index in [-0.39, 0.29) is 11.7 Å². The molecule has 0 saturated carbocycles. The first kappa shape index (κ1) is 11.8. The number of nitrogens with two attached hydrogens (primary N) is 2. The van der Waals surface area contributed by atoms with Gasteiger partial charge in [-0.2, -0.15) is 10.1 Å². The van der Waals surface area contributed by atoms with Crippen LogP contribution in [0.3, 0.4) is 0 Å². The summed E-state index contributed by atoms with van der Waals surface area (Å²) in [5, 5.41) is 4.18. The number of hydrogen-bond donors (Lipinski definition) is 2. The molecule has 0 bridgehead atoms. The zero-order valence-electron chi connectivity index (χ0n) is 9.87. The molecule has 0 saturated heterocycles. The molecule has 0 spiro atoms. The van der Waals surface area contributed by atoms with Crippen molar-refractivity contribution in [1.29, 1.82) is 0 Å². The van der Waals surface area contributed by atoms with E-state index in [0.717, 1.165) is 5.69 Å². The predicted octanol–water partition coefficient (Wildman–Crippen LogP) is 0.594. The van der Waals surface area contributed by atoms with Crippen molar-refractivity contribution in [2.45, 2.75) is 6.92 Å². The third kappa shape index (κ3) is 2.37. The molecule has 2 aromatic rings. The van der Waals surface area contributed by atoms with Crippen LogP contribution in [0.25, 0.3) is 5.69 Å². The molecule has 1 aromatic carbocycles. The van der Waals surface area contributed by atoms with Crippen LogP contribution in [0.5, 0.6) is 0 Å². The number of nitrogens with zero attached hydrogens (tertiary/aromatic N) is 3. The fourth-order valence-electron chi connectivity index (χ4n) is 1.55. The fourth-order valence-corrected chi connectivity index (χ4v) is 1.55. The number of carbonyl (C=O) groups is 1. The van der Waals surface area contributed by atoms with Crippen LogP contribution in [0.2, 0.25) is 0 Å². The minimum absolute atomic E-state index is 0.243. The SMILES string of the molecule is Cc1cn(-c2ccccc2)nc1C(=O)N=C(N)N. The molecule has 0 radical (unpaired) electrons. The summed E-state index contributed by atoms with van der Waals surface area (Å²) in [6, 6.07) is 9.47. The Labute approximate surface area is 104 Å². The number of aryl methyl sites for hydroxylation is 1. The van der Waals surface area contributed by atoms with Crippen molar-refractivity contribution in [2.75, 3.05) is 0 Å². The molecule has 1 aromatic heterocycles. The van der Waals surface area contributed by atoms with E-state index >= 15 is 0 Å². The summed E-state index contributed by atoms with van der Waals surface area (Å²) in [6.45, 7) is 1.78. The monoisotopic (exact) mass is 243 g/mol. The lowest BCUT2D eigenvalue weighted by atomic mass is 10.3. The summed E-state index contributed by atoms with van der Waals surface area (Å²) in [4.78, 5) is 15.2. The maximum absolute atomic E-state index is 11.7. The van der Waals surface area contributed by atoms with Crippen molar-refractivity contribution >= 4 is 11.9 Å². The zero-order chi connectivity index (χ0) is 13.1. The summed E-state index contributed by atoms with van der Waals surface area (Å²) >= 11 is 0. The van der Waals surface area contributed by atoms with Gasteiger partial charge in [0.05, 0.1) is 5.69 Å². The molecule has 0 atom stereocenters. The number of amides is 1. The van der Waals surface area contributed by atoms with Crippen molar-refractivity contribution in [2.24, 2.45) is 16.5 Å². The van der Waals surface area contributed by atoms with Gasteiger partial charge in [0.2, 0.25) is 0 Å². The molecule has 0 aliphatic heterocycles. The molecule has 0 aliphatic carbocycles. The highest BCUT2D eigenvalue weighted by Gasteiger charge is 2.14. The number of aliphatic imine (C=N–C) groups is 1. The van der Waals surface area contributed by atoms with E-state index in [1.165, 1.54) is 0 Å². The molecule has 92 valence electrons. The van der Waals surface area contributed by atoms with Gasteiger partial charge in [-0.1, -0.05) is 18.2 Å². The topological polar surface area (TPSA) is 99.3 Å². The van der Waals surface area contributed by atoms with E-state index in [1.807, 2.05) is 30.3 Å². The maximum atomic E-state index is 11.7. The molecule has 1 heterocycles. The first-order chi connectivity index (χ1) is 8.58. The lowest BCUT2D eigenvalue weighted by Crippen LogP contribution is -2.24. The van der Waals surface area contributed by atoms with Crippen LogP contribution < -0.4 is 11.5 Å². The Morgan fingerprint density at radius 3 is 2.56 bits per heavy atom. The average Bonchev–Trinajstić information content (AvgIpc) is 2.72. The largest absolute Gasteiger partial charge is 0.370 e. The number of carbonyl (C=O) groups excluding carboxylic acids is 1. The molecule has 0 fully saturated rings. The second-order valence-electron chi connectivity index (χ2n) is 3.78. The molecular formula is C12H13N5O. The Morgan fingerprint density at radius 1 is 1.28 bits per heavy atom. The van der Waals surface area contributed by atoms with Gasteiger partial charge in [0.1, 0.15) is 0 Å². The van der Waals surface area contributed by atoms with E-state index < -0.39 is 5.91 Å². The minimum atomic E-state index is -0.540. The van der Waals surface area contributed by atoms with Crippen LogP contribution in [0.15, 0.2) is 41.5 Å². The van der Waals surface area contributed by atoms with Crippen LogP contribution in [0.4, 0.5) is 0 Å². The normalized spacial score (nSPS) is 10.1. The number of para-hydroxylation sites is 1. The smallest absolute Gasteiger partial charge is 0.300 e. The second-order valence-corrected chi connectivity index (χ2v) is 3.78. The molecule has 0 aliphatic rings. The van der Waals surface area contributed by atoms with Gasteiger partial charge in [-0.05, 0) is 19.1 Å². The summed E-state index contributed by atoms with van der Waals surface area (Å²) in [5.41, 5.74) is 12.2. The maximum Gasteiger partial charge on any atom is 0.300 e. The molecular weight excluding hydrogens is 230 g/mol. The van der Waals surface area contributed by atoms with E-state index in [2.05, 4.69) is 10.1 Å². The van der Waals surface area contributed by atoms with Crippen LogP contribution in [-0.4, -0.2) is 21.6 Å². The highest BCUT2D eigenvalue weighted by Crippen LogP contribution is 2.12. The van der Waals surface area contributed by atoms with Crippen molar-refractivity contribution in [3.63, 3.8) is 0 Å². The van der Waals surface area contributed by atoms with Gasteiger partial charge in [-0.15, -0.1) is 0 Å². The van der Waals surface area contributed by atoms with Gasteiger partial charge >= 0.3 is 5.91 Å². The van der Waals surface area contributed by atoms with Crippen LogP contribution >= 0.6 is 0 Å². The standard InChI is InChI=1S/C12H13N5O/c1-8-7-17(9-5-3-2-4-6-9)16-10(8)11(18)15-12(13)14/h2-7H,1H3,(H4,13,14,15,18). The number of benzene rings is 1. The summed E-state index contributed by atoms with van der Waals surface area (Å²) in [6.07, 6.45) is 1.75. The van der Waals surface area contributed by atoms with E-state index in [9.17, 15) is 4.79 Å². The molecule has 0 unspecified atom stereocenters. The van der Waals surface area contributed by atoms with E-state index in [0.29, 0.717) is 5.56 Å². The molecule has 2 rings (SSSR count). The van der Waals surface area contributed by atoms with Crippen molar-refractivity contribution < 1.29 is 4.79 Å². The molecule has 18 heavy (non-hydrogen) atoms. The fraction of sp³-hybridized carbons (Fsp3) is 0.0833. The number of rotatable bonds is 2. The zero-order valence-corrected chi connectivity index (χ0v) is 9.87. The average molecular weight is 243 g/mol. The van der Waals surface area contributed by atoms with Gasteiger partial charge in [0.15, 0.2) is 11.7 Å². The number of guanidine groups is 1. The molecule has 4 N–H and O–H groups in total. The Balaban J connectivity index is 2.39. The number of aromatic nitrogens is 2. The quantitative estimate of drug-likeness (QED) is 0.595. The van der Waals surface area contributed by atoms with Crippen LogP contribution in [0, 0.1) is 6.92 Å². The molecule has 1 amide bonds. The van der Waals surface area contributed by atoms with Crippen molar-refractivity contribution in [1.82, 2.24) is 9.78 Å². The highest BCUT2D eigenvalue weighted by atomic mass is 16.1. The summed E-state index contributed by atoms with van der Waals surface area (Å²) < 4.78 is 1.62. The summed E-state index contributed by atoms with van der Waals surface area (Å²) in [7, 11) is 0. The van der Waals surface area contributed by atoms with Gasteiger partial charge in [-0.3, -0.25) is 4.79 Å². The molecule has 6 heteroatoms. The Morgan fingerprint density at radius 2 is 1.94 bits per heavy atom. The summed E-state index contributed by atoms with van der Waals surface area (Å²) in [5.74, 6) is -0.809. The Bertz CT molecular complexity index is 596. The highest BCUT2D eigenvalue weighted by molar-refractivity contribution is 6.01. The predicted molar refractivity (Wildman–Crippen MR) is 68.4 cm³/mol. The van der Waals surface area contributed by atoms with Gasteiger partial charge in [0, 0.05) is 11.8 Å². The Kier molecular flexibility index (Phi) is 3.09. The van der Waals surface area contributed by atoms with E-state index in [4.69, 9.17) is 11.5 Å². The first-order valence-electron chi connectivity index (χ1n) is 5.33. The Hall–Kier alpha value is -2.63. The minimum Gasteiger partial charge on any atom is -0.370 e. The van der Waals surface area contributed by atoms with Crippen LogP contribution in [-0.2, 0) is 0 Å². The lowest BCUT2D eigenvalue weighted by molar-refractivity contribution is 0.0997. The third-order valence-electron chi connectivity index (χ3n) is 2.35. The van der Waals surface area contributed by atoms with Crippen molar-refractivity contribution in [3.05, 3.63) is 47.8 Å². The van der Waals surface area contributed by atoms with Crippen LogP contribution in [0.1, 0.15) is 16.1 Å². The van der Waals surface area contributed by atoms with Gasteiger partial charge in [-0.25, -0.2) is 4.68 Å². The lowest BCUT2D eigenvalue weighted by Gasteiger charge is -1.98. The third-order valence-corrected chi connectivity index (χ3v) is 2.35. The van der Waals surface area contributed by atoms with Gasteiger partial charge < -0.3 is 11.5 Å². The number of hydrogen-bond acceptors (Lipinski definition) is 2. The van der Waals surface area contributed by atoms with E-state index in [1.54, 1.807) is 17.8 Å². The van der Waals surface area contributed by atoms with Crippen molar-refractivity contribution in [3.8, 4) is 5.69 Å². The molecule has 6 nitrogen and oxygen atoms in total. The first-order valence-corrected chi connectivity index (χ1v) is 5.33. The second kappa shape index (κ2) is 4.70.